The summed E-state index contributed by atoms with van der Waals surface area (Å²) in [5, 5.41) is 11.4. The summed E-state index contributed by atoms with van der Waals surface area (Å²) in [6.45, 7) is -0.649. The van der Waals surface area contributed by atoms with Crippen LogP contribution in [-0.2, 0) is 15.8 Å². The van der Waals surface area contributed by atoms with Crippen LogP contribution in [0.15, 0.2) is 29.2 Å². The molecular formula is C17H8F4N4O3S3. The van der Waals surface area contributed by atoms with Crippen molar-refractivity contribution in [1.82, 2.24) is 19.5 Å². The summed E-state index contributed by atoms with van der Waals surface area (Å²) < 4.78 is 53.6. The summed E-state index contributed by atoms with van der Waals surface area (Å²) in [4.78, 5) is 28.5. The molecule has 1 fully saturated rings. The van der Waals surface area contributed by atoms with E-state index in [0.29, 0.717) is 16.9 Å². The van der Waals surface area contributed by atoms with E-state index in [2.05, 4.69) is 10.1 Å². The zero-order valence-electron chi connectivity index (χ0n) is 14.9. The van der Waals surface area contributed by atoms with Gasteiger partial charge in [0.1, 0.15) is 16.7 Å². The van der Waals surface area contributed by atoms with Gasteiger partial charge in [-0.2, -0.15) is 13.2 Å². The number of benzene rings is 1. The van der Waals surface area contributed by atoms with Gasteiger partial charge in [0.2, 0.25) is 9.97 Å². The summed E-state index contributed by atoms with van der Waals surface area (Å²) in [7, 11) is 0. The second-order valence-corrected chi connectivity index (χ2v) is 8.75. The number of amides is 1. The summed E-state index contributed by atoms with van der Waals surface area (Å²) in [6, 6.07) is 5.10. The first-order valence-electron chi connectivity index (χ1n) is 8.24. The molecule has 3 heterocycles. The molecule has 1 aromatic carbocycles. The number of alkyl halides is 3. The fourth-order valence-electron chi connectivity index (χ4n) is 2.72. The lowest BCUT2D eigenvalue weighted by atomic mass is 10.1. The predicted molar refractivity (Wildman–Crippen MR) is 109 cm³/mol. The van der Waals surface area contributed by atoms with Crippen LogP contribution in [0.5, 0.6) is 0 Å². The minimum absolute atomic E-state index is 0.00188. The minimum Gasteiger partial charge on any atom is -0.480 e. The maximum atomic E-state index is 13.3. The number of fused-ring (bicyclic) bond motifs is 1. The summed E-state index contributed by atoms with van der Waals surface area (Å²) in [5.41, 5.74) is 0.611. The fraction of sp³-hybridized carbons (Fsp3) is 0.118. The number of carboxylic acids is 1. The zero-order chi connectivity index (χ0) is 22.5. The van der Waals surface area contributed by atoms with Gasteiger partial charge >= 0.3 is 12.1 Å². The number of carbonyl (C=O) groups excluding carboxylic acids is 1. The third kappa shape index (κ3) is 4.05. The first-order chi connectivity index (χ1) is 14.5. The van der Waals surface area contributed by atoms with Gasteiger partial charge in [-0.15, -0.1) is 5.10 Å². The predicted octanol–water partition coefficient (Wildman–Crippen LogP) is 3.90. The Morgan fingerprint density at radius 3 is 2.55 bits per heavy atom. The summed E-state index contributed by atoms with van der Waals surface area (Å²) in [5.74, 6) is -2.49. The fourth-order valence-corrected chi connectivity index (χ4v) is 4.73. The number of carboxylic acid groups (broad SMARTS) is 1. The maximum absolute atomic E-state index is 13.3. The van der Waals surface area contributed by atoms with Crippen LogP contribution in [0.25, 0.3) is 22.3 Å². The quantitative estimate of drug-likeness (QED) is 0.339. The van der Waals surface area contributed by atoms with Gasteiger partial charge in [-0.05, 0) is 30.3 Å². The molecule has 1 N–H and O–H groups in total. The lowest BCUT2D eigenvalue weighted by Crippen LogP contribution is -2.33. The van der Waals surface area contributed by atoms with Gasteiger partial charge < -0.3 is 5.11 Å². The Morgan fingerprint density at radius 2 is 1.94 bits per heavy atom. The molecule has 4 rings (SSSR count). The third-order valence-corrected chi connectivity index (χ3v) is 6.36. The van der Waals surface area contributed by atoms with E-state index >= 15 is 0 Å². The van der Waals surface area contributed by atoms with Crippen molar-refractivity contribution in [3.63, 3.8) is 0 Å². The van der Waals surface area contributed by atoms with Crippen LogP contribution < -0.4 is 0 Å². The largest absolute Gasteiger partial charge is 0.480 e. The van der Waals surface area contributed by atoms with Gasteiger partial charge in [-0.3, -0.25) is 14.5 Å². The van der Waals surface area contributed by atoms with Crippen molar-refractivity contribution in [1.29, 1.82) is 0 Å². The highest BCUT2D eigenvalue weighted by atomic mass is 32.2. The highest BCUT2D eigenvalue weighted by molar-refractivity contribution is 8.26. The molecule has 160 valence electrons. The van der Waals surface area contributed by atoms with Crippen LogP contribution in [0.4, 0.5) is 17.6 Å². The van der Waals surface area contributed by atoms with Gasteiger partial charge in [0.15, 0.2) is 0 Å². The molecule has 1 saturated heterocycles. The molecule has 1 aliphatic heterocycles. The van der Waals surface area contributed by atoms with Crippen LogP contribution in [-0.4, -0.2) is 47.3 Å². The van der Waals surface area contributed by atoms with Crippen molar-refractivity contribution >= 4 is 62.6 Å². The Morgan fingerprint density at radius 1 is 1.26 bits per heavy atom. The van der Waals surface area contributed by atoms with Crippen molar-refractivity contribution in [3.05, 3.63) is 45.7 Å². The number of thiocarbonyl (C=S) groups is 1. The van der Waals surface area contributed by atoms with Crippen molar-refractivity contribution in [3.8, 4) is 11.3 Å². The van der Waals surface area contributed by atoms with Gasteiger partial charge in [0, 0.05) is 5.56 Å². The summed E-state index contributed by atoms with van der Waals surface area (Å²) in [6.07, 6.45) is -3.44. The Balaban J connectivity index is 1.87. The van der Waals surface area contributed by atoms with Crippen LogP contribution in [0.3, 0.4) is 0 Å². The number of thioether (sulfide) groups is 1. The van der Waals surface area contributed by atoms with Crippen LogP contribution in [0.2, 0.25) is 0 Å². The van der Waals surface area contributed by atoms with Crippen molar-refractivity contribution in [2.45, 2.75) is 6.18 Å². The highest BCUT2D eigenvalue weighted by Gasteiger charge is 2.37. The van der Waals surface area contributed by atoms with Crippen LogP contribution >= 0.6 is 35.3 Å². The molecule has 7 nitrogen and oxygen atoms in total. The molecule has 1 amide bonds. The molecule has 0 unspecified atom stereocenters. The molecule has 0 spiro atoms. The Labute approximate surface area is 184 Å². The van der Waals surface area contributed by atoms with Gasteiger partial charge in [-0.1, -0.05) is 35.3 Å². The second-order valence-electron chi connectivity index (χ2n) is 6.11. The molecule has 14 heteroatoms. The molecule has 0 saturated carbocycles. The maximum Gasteiger partial charge on any atom is 0.445 e. The van der Waals surface area contributed by atoms with E-state index in [0.717, 1.165) is 33.3 Å². The van der Waals surface area contributed by atoms with Crippen molar-refractivity contribution in [2.75, 3.05) is 6.54 Å². The average molecular weight is 488 g/mol. The van der Waals surface area contributed by atoms with Gasteiger partial charge in [-0.25, -0.2) is 13.9 Å². The minimum atomic E-state index is -4.69. The number of halogens is 4. The van der Waals surface area contributed by atoms with Crippen LogP contribution in [0, 0.1) is 5.82 Å². The van der Waals surface area contributed by atoms with E-state index in [1.54, 1.807) is 0 Å². The van der Waals surface area contributed by atoms with Gasteiger partial charge in [0.25, 0.3) is 5.91 Å². The summed E-state index contributed by atoms with van der Waals surface area (Å²) >= 11 is 6.15. The van der Waals surface area contributed by atoms with E-state index in [9.17, 15) is 27.2 Å². The number of carbonyl (C=O) groups is 2. The molecule has 0 bridgehead atoms. The first kappa shape index (κ1) is 21.4. The topological polar surface area (TPSA) is 87.8 Å². The monoisotopic (exact) mass is 488 g/mol. The third-order valence-electron chi connectivity index (χ3n) is 4.03. The number of aliphatic carboxylic acids is 1. The Hall–Kier alpha value is -2.84. The molecule has 3 aromatic rings. The standard InChI is InChI=1S/C17H8F4N4O3S3/c18-8-3-1-7(2-4-8)12-9(25-15(22-12)31-14(23-25)17(19,20)21)5-10-13(28)24(6-11(26)27)16(29)30-10/h1-5H,6H2,(H,26,27)/b10-5-. The number of rotatable bonds is 4. The molecule has 0 aliphatic carbocycles. The number of imidazole rings is 1. The molecular weight excluding hydrogens is 480 g/mol. The number of hydrogen-bond acceptors (Lipinski definition) is 7. The highest BCUT2D eigenvalue weighted by Crippen LogP contribution is 2.38. The van der Waals surface area contributed by atoms with Gasteiger partial charge in [0.05, 0.1) is 16.3 Å². The smallest absolute Gasteiger partial charge is 0.445 e. The lowest BCUT2D eigenvalue weighted by Gasteiger charge is -2.10. The van der Waals surface area contributed by atoms with E-state index in [1.807, 2.05) is 0 Å². The number of nitrogens with zero attached hydrogens (tertiary/aromatic N) is 4. The molecule has 31 heavy (non-hydrogen) atoms. The number of aromatic nitrogens is 3. The number of hydrogen-bond donors (Lipinski definition) is 1. The molecule has 2 aromatic heterocycles. The van der Waals surface area contributed by atoms with E-state index in [-0.39, 0.29) is 25.6 Å². The van der Waals surface area contributed by atoms with E-state index in [4.69, 9.17) is 17.3 Å². The lowest BCUT2D eigenvalue weighted by molar-refractivity contribution is -0.140. The van der Waals surface area contributed by atoms with Crippen LogP contribution in [0.1, 0.15) is 10.7 Å². The van der Waals surface area contributed by atoms with E-state index < -0.39 is 35.4 Å². The van der Waals surface area contributed by atoms with E-state index in [1.165, 1.54) is 18.2 Å². The molecule has 1 aliphatic rings. The Kier molecular flexibility index (Phi) is 5.31. The van der Waals surface area contributed by atoms with Crippen molar-refractivity contribution in [2.24, 2.45) is 0 Å². The Bertz CT molecular complexity index is 1260. The second kappa shape index (κ2) is 7.69. The first-order valence-corrected chi connectivity index (χ1v) is 10.3. The molecule has 0 atom stereocenters. The zero-order valence-corrected chi connectivity index (χ0v) is 17.3. The van der Waals surface area contributed by atoms with Crippen molar-refractivity contribution < 1.29 is 32.3 Å². The average Bonchev–Trinajstić information content (AvgIpc) is 3.31. The SMILES string of the molecule is O=C(O)CN1C(=O)/C(=C/c2c(-c3ccc(F)cc3)nc3sc(C(F)(F)F)nn23)SC1=S. The molecule has 0 radical (unpaired) electrons. The normalized spacial score (nSPS) is 16.1.